The Morgan fingerprint density at radius 2 is 1.47 bits per heavy atom. The van der Waals surface area contributed by atoms with Gasteiger partial charge in [0.25, 0.3) is 0 Å². The number of aliphatic hydroxyl groups excluding tert-OH is 1. The molecule has 0 aromatic heterocycles. The molecule has 0 aliphatic carbocycles. The van der Waals surface area contributed by atoms with Gasteiger partial charge in [0, 0.05) is 14.5 Å². The number of rotatable bonds is 2. The normalized spacial score (nSPS) is 12.5. The van der Waals surface area contributed by atoms with Crippen molar-refractivity contribution in [3.8, 4) is 0 Å². The summed E-state index contributed by atoms with van der Waals surface area (Å²) >= 11 is 7.07. The van der Waals surface area contributed by atoms with Crippen LogP contribution in [0.4, 0.5) is 0 Å². The summed E-state index contributed by atoms with van der Waals surface area (Å²) in [5, 5.41) is 10.7. The first-order chi connectivity index (χ1) is 8.91. The Morgan fingerprint density at radius 3 is 2.05 bits per heavy atom. The summed E-state index contributed by atoms with van der Waals surface area (Å²) in [5.41, 5.74) is 5.23. The molecule has 0 radical (unpaired) electrons. The molecule has 2 aromatic rings. The van der Waals surface area contributed by atoms with Gasteiger partial charge in [-0.2, -0.15) is 0 Å². The van der Waals surface area contributed by atoms with E-state index in [1.54, 1.807) is 0 Å². The second-order valence-electron chi connectivity index (χ2n) is 4.83. The third kappa shape index (κ3) is 2.93. The smallest absolute Gasteiger partial charge is 0.106 e. The zero-order valence-electron chi connectivity index (χ0n) is 11.2. The molecule has 0 aliphatic heterocycles. The minimum atomic E-state index is -0.618. The van der Waals surface area contributed by atoms with Gasteiger partial charge < -0.3 is 5.11 Å². The van der Waals surface area contributed by atoms with Crippen molar-refractivity contribution in [3.05, 3.63) is 67.1 Å². The van der Waals surface area contributed by atoms with E-state index in [1.807, 2.05) is 51.1 Å². The summed E-state index contributed by atoms with van der Waals surface area (Å²) < 4.78 is 1.94. The van der Waals surface area contributed by atoms with Crippen molar-refractivity contribution >= 4 is 31.9 Å². The molecule has 2 rings (SSSR count). The lowest BCUT2D eigenvalue weighted by Gasteiger charge is -2.19. The third-order valence-corrected chi connectivity index (χ3v) is 4.93. The molecular weight excluding hydrogens is 368 g/mol. The van der Waals surface area contributed by atoms with Crippen molar-refractivity contribution in [1.29, 1.82) is 0 Å². The molecule has 1 N–H and O–H groups in total. The van der Waals surface area contributed by atoms with E-state index in [0.29, 0.717) is 0 Å². The Bertz CT molecular complexity index is 600. The van der Waals surface area contributed by atoms with Gasteiger partial charge in [0.1, 0.15) is 6.10 Å². The molecule has 0 fully saturated rings. The maximum atomic E-state index is 10.7. The van der Waals surface area contributed by atoms with Gasteiger partial charge in [-0.05, 0) is 55.2 Å². The summed E-state index contributed by atoms with van der Waals surface area (Å²) in [7, 11) is 0. The topological polar surface area (TPSA) is 20.2 Å². The van der Waals surface area contributed by atoms with Crippen molar-refractivity contribution in [2.24, 2.45) is 0 Å². The average Bonchev–Trinajstić information content (AvgIpc) is 2.33. The largest absolute Gasteiger partial charge is 0.384 e. The maximum absolute atomic E-state index is 10.7. The number of aliphatic hydroxyl groups is 1. The van der Waals surface area contributed by atoms with Crippen molar-refractivity contribution in [2.45, 2.75) is 26.9 Å². The van der Waals surface area contributed by atoms with Crippen LogP contribution in [-0.4, -0.2) is 5.11 Å². The van der Waals surface area contributed by atoms with Gasteiger partial charge in [-0.15, -0.1) is 0 Å². The molecule has 0 aliphatic rings. The zero-order chi connectivity index (χ0) is 14.2. The molecule has 0 heterocycles. The van der Waals surface area contributed by atoms with Crippen LogP contribution in [0.5, 0.6) is 0 Å². The van der Waals surface area contributed by atoms with Crippen LogP contribution in [0.15, 0.2) is 39.3 Å². The Morgan fingerprint density at radius 1 is 0.895 bits per heavy atom. The molecule has 100 valence electrons. The van der Waals surface area contributed by atoms with E-state index in [2.05, 4.69) is 31.9 Å². The van der Waals surface area contributed by atoms with Crippen LogP contribution in [0.1, 0.15) is 33.9 Å². The number of halogens is 2. The highest BCUT2D eigenvalue weighted by Gasteiger charge is 2.18. The molecule has 0 saturated heterocycles. The Balaban J connectivity index is 2.56. The lowest BCUT2D eigenvalue weighted by Crippen LogP contribution is -2.05. The Kier molecular flexibility index (Phi) is 4.49. The highest BCUT2D eigenvalue weighted by molar-refractivity contribution is 9.11. The fraction of sp³-hybridized carbons (Fsp3) is 0.250. The summed E-state index contributed by atoms with van der Waals surface area (Å²) in [5.74, 6) is 0. The number of aryl methyl sites for hydroxylation is 3. The SMILES string of the molecule is Cc1cc(Br)c(C(O)c2c(C)cccc2C)cc1Br. The van der Waals surface area contributed by atoms with Crippen LogP contribution in [0, 0.1) is 20.8 Å². The zero-order valence-corrected chi connectivity index (χ0v) is 14.3. The second-order valence-corrected chi connectivity index (χ2v) is 6.54. The van der Waals surface area contributed by atoms with Crippen LogP contribution in [0.3, 0.4) is 0 Å². The Labute approximate surface area is 130 Å². The molecule has 1 unspecified atom stereocenters. The first kappa shape index (κ1) is 14.8. The first-order valence-corrected chi connectivity index (χ1v) is 7.70. The highest BCUT2D eigenvalue weighted by atomic mass is 79.9. The van der Waals surface area contributed by atoms with E-state index in [-0.39, 0.29) is 0 Å². The molecule has 1 nitrogen and oxygen atoms in total. The number of hydrogen-bond acceptors (Lipinski definition) is 1. The summed E-state index contributed by atoms with van der Waals surface area (Å²) in [4.78, 5) is 0. The minimum absolute atomic E-state index is 0.618. The van der Waals surface area contributed by atoms with Gasteiger partial charge in [-0.1, -0.05) is 50.1 Å². The number of benzene rings is 2. The predicted molar refractivity (Wildman–Crippen MR) is 86.6 cm³/mol. The molecular formula is C16H16Br2O. The van der Waals surface area contributed by atoms with E-state index in [4.69, 9.17) is 0 Å². The Hall–Kier alpha value is -0.640. The van der Waals surface area contributed by atoms with Crippen molar-refractivity contribution in [3.63, 3.8) is 0 Å². The monoisotopic (exact) mass is 382 g/mol. The fourth-order valence-corrected chi connectivity index (χ4v) is 3.32. The van der Waals surface area contributed by atoms with E-state index >= 15 is 0 Å². The van der Waals surface area contributed by atoms with Crippen LogP contribution >= 0.6 is 31.9 Å². The van der Waals surface area contributed by atoms with Crippen LogP contribution < -0.4 is 0 Å². The minimum Gasteiger partial charge on any atom is -0.384 e. The lowest BCUT2D eigenvalue weighted by molar-refractivity contribution is 0.218. The second kappa shape index (κ2) is 5.78. The van der Waals surface area contributed by atoms with Crippen molar-refractivity contribution in [2.75, 3.05) is 0 Å². The quantitative estimate of drug-likeness (QED) is 0.753. The standard InChI is InChI=1S/C16H16Br2O/c1-9-5-4-6-10(2)15(9)16(19)12-8-13(17)11(3)7-14(12)18/h4-8,16,19H,1-3H3. The van der Waals surface area contributed by atoms with Crippen LogP contribution in [-0.2, 0) is 0 Å². The molecule has 0 bridgehead atoms. The summed E-state index contributed by atoms with van der Waals surface area (Å²) in [6.07, 6.45) is -0.618. The van der Waals surface area contributed by atoms with E-state index in [9.17, 15) is 5.11 Å². The molecule has 0 amide bonds. The first-order valence-electron chi connectivity index (χ1n) is 6.11. The van der Waals surface area contributed by atoms with Crippen molar-refractivity contribution < 1.29 is 5.11 Å². The molecule has 2 aromatic carbocycles. The van der Waals surface area contributed by atoms with Gasteiger partial charge in [0.05, 0.1) is 0 Å². The fourth-order valence-electron chi connectivity index (χ4n) is 2.29. The van der Waals surface area contributed by atoms with Gasteiger partial charge in [0.15, 0.2) is 0 Å². The van der Waals surface area contributed by atoms with Crippen LogP contribution in [0.2, 0.25) is 0 Å². The molecule has 0 spiro atoms. The average molecular weight is 384 g/mol. The van der Waals surface area contributed by atoms with Gasteiger partial charge in [-0.3, -0.25) is 0 Å². The highest BCUT2D eigenvalue weighted by Crippen LogP contribution is 2.35. The predicted octanol–water partition coefficient (Wildman–Crippen LogP) is 5.22. The maximum Gasteiger partial charge on any atom is 0.106 e. The van der Waals surface area contributed by atoms with E-state index in [1.165, 1.54) is 0 Å². The van der Waals surface area contributed by atoms with Gasteiger partial charge >= 0.3 is 0 Å². The van der Waals surface area contributed by atoms with Crippen LogP contribution in [0.25, 0.3) is 0 Å². The molecule has 0 saturated carbocycles. The van der Waals surface area contributed by atoms with Gasteiger partial charge in [-0.25, -0.2) is 0 Å². The van der Waals surface area contributed by atoms with Crippen molar-refractivity contribution in [1.82, 2.24) is 0 Å². The summed E-state index contributed by atoms with van der Waals surface area (Å²) in [6.45, 7) is 6.09. The lowest BCUT2D eigenvalue weighted by atomic mass is 9.93. The number of hydrogen-bond donors (Lipinski definition) is 1. The molecule has 19 heavy (non-hydrogen) atoms. The van der Waals surface area contributed by atoms with Gasteiger partial charge in [0.2, 0.25) is 0 Å². The van der Waals surface area contributed by atoms with E-state index < -0.39 is 6.10 Å². The third-order valence-electron chi connectivity index (χ3n) is 3.39. The molecule has 1 atom stereocenters. The van der Waals surface area contributed by atoms with E-state index in [0.717, 1.165) is 36.8 Å². The molecule has 3 heteroatoms. The summed E-state index contributed by atoms with van der Waals surface area (Å²) in [6, 6.07) is 10.1.